The van der Waals surface area contributed by atoms with E-state index in [1.54, 1.807) is 41.2 Å². The Bertz CT molecular complexity index is 1770. The van der Waals surface area contributed by atoms with Gasteiger partial charge in [-0.1, -0.05) is 11.3 Å². The first-order valence-electron chi connectivity index (χ1n) is 12.4. The number of nitrogens with zero attached hydrogens (tertiary/aromatic N) is 6. The van der Waals surface area contributed by atoms with Crippen LogP contribution in [0.2, 0.25) is 0 Å². The van der Waals surface area contributed by atoms with Crippen molar-refractivity contribution in [2.75, 3.05) is 19.5 Å². The number of thiazole rings is 1. The fourth-order valence-electron chi connectivity index (χ4n) is 4.81. The quantitative estimate of drug-likeness (QED) is 0.330. The molecule has 1 aromatic carbocycles. The predicted octanol–water partition coefficient (Wildman–Crippen LogP) is 4.22. The predicted molar refractivity (Wildman–Crippen MR) is 150 cm³/mol. The number of aryl methyl sites for hydroxylation is 2. The molecule has 5 aromatic rings. The van der Waals surface area contributed by atoms with Crippen molar-refractivity contribution in [3.63, 3.8) is 0 Å². The Hall–Kier alpha value is -4.84. The molecule has 1 N–H and O–H groups in total. The van der Waals surface area contributed by atoms with Gasteiger partial charge < -0.3 is 14.4 Å². The minimum atomic E-state index is -0.337. The smallest absolute Gasteiger partial charge is 0.260 e. The lowest BCUT2D eigenvalue weighted by Gasteiger charge is -2.16. The van der Waals surface area contributed by atoms with Gasteiger partial charge in [0.05, 0.1) is 49.0 Å². The summed E-state index contributed by atoms with van der Waals surface area (Å²) in [6.45, 7) is 2.59. The number of anilines is 1. The monoisotopic (exact) mass is 555 g/mol. The highest BCUT2D eigenvalue weighted by atomic mass is 32.1. The van der Waals surface area contributed by atoms with E-state index < -0.39 is 0 Å². The number of nitrogens with one attached hydrogen (secondary N) is 1. The molecule has 0 atom stereocenters. The maximum atomic E-state index is 13.5. The van der Waals surface area contributed by atoms with Crippen molar-refractivity contribution in [3.8, 4) is 22.8 Å². The number of pyridine rings is 2. The van der Waals surface area contributed by atoms with E-state index in [1.165, 1.54) is 18.4 Å². The fourth-order valence-corrected chi connectivity index (χ4v) is 5.79. The maximum absolute atomic E-state index is 13.5. The summed E-state index contributed by atoms with van der Waals surface area (Å²) in [5, 5.41) is 8.78. The molecule has 1 aliphatic rings. The number of amides is 2. The first kappa shape index (κ1) is 25.4. The molecular formula is C28H25N7O4S. The summed E-state index contributed by atoms with van der Waals surface area (Å²) >= 11 is 1.35. The number of methoxy groups -OCH3 is 2. The number of carbonyl (C=O) groups is 2. The summed E-state index contributed by atoms with van der Waals surface area (Å²) in [5.74, 6) is 0.367. The molecular weight excluding hydrogens is 530 g/mol. The van der Waals surface area contributed by atoms with Gasteiger partial charge in [0.25, 0.3) is 11.8 Å². The van der Waals surface area contributed by atoms with Gasteiger partial charge in [0, 0.05) is 53.9 Å². The molecule has 2 amide bonds. The van der Waals surface area contributed by atoms with Crippen LogP contribution in [0.1, 0.15) is 37.0 Å². The zero-order valence-corrected chi connectivity index (χ0v) is 23.1. The van der Waals surface area contributed by atoms with Crippen LogP contribution >= 0.6 is 11.3 Å². The van der Waals surface area contributed by atoms with E-state index in [0.717, 1.165) is 32.7 Å². The third kappa shape index (κ3) is 4.51. The van der Waals surface area contributed by atoms with Gasteiger partial charge in [0.2, 0.25) is 5.88 Å². The van der Waals surface area contributed by atoms with Gasteiger partial charge in [-0.05, 0) is 31.2 Å². The number of ether oxygens (including phenoxy) is 2. The molecule has 0 aliphatic carbocycles. The van der Waals surface area contributed by atoms with Crippen LogP contribution in [0, 0.1) is 6.92 Å². The molecule has 6 rings (SSSR count). The molecule has 5 heterocycles. The van der Waals surface area contributed by atoms with Crippen LogP contribution in [-0.2, 0) is 20.1 Å². The normalized spacial score (nSPS) is 12.4. The van der Waals surface area contributed by atoms with Crippen molar-refractivity contribution in [1.82, 2.24) is 29.6 Å². The summed E-state index contributed by atoms with van der Waals surface area (Å²) in [5.41, 5.74) is 4.56. The van der Waals surface area contributed by atoms with Crippen LogP contribution in [0.15, 0.2) is 48.9 Å². The number of fused-ring (bicyclic) bond motifs is 2. The zero-order valence-electron chi connectivity index (χ0n) is 22.3. The minimum absolute atomic E-state index is 0.185. The minimum Gasteiger partial charge on any atom is -0.496 e. The lowest BCUT2D eigenvalue weighted by molar-refractivity contribution is 0.0746. The number of hydrogen-bond donors (Lipinski definition) is 1. The number of hydrogen-bond acceptors (Lipinski definition) is 9. The molecule has 12 heteroatoms. The Morgan fingerprint density at radius 2 is 1.90 bits per heavy atom. The van der Waals surface area contributed by atoms with Gasteiger partial charge in [0.1, 0.15) is 11.3 Å². The van der Waals surface area contributed by atoms with Crippen LogP contribution in [-0.4, -0.2) is 55.7 Å². The molecule has 0 bridgehead atoms. The van der Waals surface area contributed by atoms with Gasteiger partial charge in [-0.25, -0.2) is 9.97 Å². The van der Waals surface area contributed by atoms with Gasteiger partial charge in [-0.3, -0.25) is 24.6 Å². The van der Waals surface area contributed by atoms with Crippen molar-refractivity contribution in [3.05, 3.63) is 76.3 Å². The Morgan fingerprint density at radius 3 is 2.67 bits per heavy atom. The molecule has 202 valence electrons. The standard InChI is InChI=1S/C28H25N7O4S/c1-15-8-18(19-9-16-12-34(2)33-21(16)10-23(19)38-3)20(11-30-15)25(36)32-28-31-22-13-35(14-24(22)40-28)27(37)17-6-5-7-29-26(17)39-4/h5-12H,13-14H2,1-4H3,(H,31,32,36). The number of aromatic nitrogens is 5. The zero-order chi connectivity index (χ0) is 28.0. The molecule has 11 nitrogen and oxygen atoms in total. The summed E-state index contributed by atoms with van der Waals surface area (Å²) in [7, 11) is 4.94. The second-order valence-corrected chi connectivity index (χ2v) is 10.4. The first-order chi connectivity index (χ1) is 19.3. The molecule has 1 aliphatic heterocycles. The van der Waals surface area contributed by atoms with E-state index in [2.05, 4.69) is 25.4 Å². The van der Waals surface area contributed by atoms with E-state index in [-0.39, 0.29) is 17.7 Å². The van der Waals surface area contributed by atoms with Crippen molar-refractivity contribution in [2.45, 2.75) is 20.0 Å². The van der Waals surface area contributed by atoms with E-state index >= 15 is 0 Å². The van der Waals surface area contributed by atoms with E-state index in [4.69, 9.17) is 9.47 Å². The average molecular weight is 556 g/mol. The third-order valence-corrected chi connectivity index (χ3v) is 7.67. The van der Waals surface area contributed by atoms with E-state index in [9.17, 15) is 9.59 Å². The van der Waals surface area contributed by atoms with Gasteiger partial charge in [-0.2, -0.15) is 5.10 Å². The summed E-state index contributed by atoms with van der Waals surface area (Å²) in [6.07, 6.45) is 5.06. The lowest BCUT2D eigenvalue weighted by atomic mass is 9.98. The average Bonchev–Trinajstić information content (AvgIpc) is 3.63. The number of rotatable bonds is 6. The Morgan fingerprint density at radius 1 is 1.05 bits per heavy atom. The third-order valence-electron chi connectivity index (χ3n) is 6.67. The lowest BCUT2D eigenvalue weighted by Crippen LogP contribution is -2.26. The summed E-state index contributed by atoms with van der Waals surface area (Å²) in [6, 6.07) is 9.09. The van der Waals surface area contributed by atoms with Gasteiger partial charge in [-0.15, -0.1) is 0 Å². The Balaban J connectivity index is 1.25. The molecule has 0 saturated heterocycles. The van der Waals surface area contributed by atoms with Crippen LogP contribution in [0.4, 0.5) is 5.13 Å². The number of carbonyl (C=O) groups excluding carboxylic acids is 2. The molecule has 0 fully saturated rings. The molecule has 40 heavy (non-hydrogen) atoms. The molecule has 0 saturated carbocycles. The Kier molecular flexibility index (Phi) is 6.39. The first-order valence-corrected chi connectivity index (χ1v) is 13.2. The highest BCUT2D eigenvalue weighted by molar-refractivity contribution is 7.16. The van der Waals surface area contributed by atoms with Gasteiger partial charge >= 0.3 is 0 Å². The molecule has 4 aromatic heterocycles. The topological polar surface area (TPSA) is 124 Å². The van der Waals surface area contributed by atoms with Crippen molar-refractivity contribution < 1.29 is 19.1 Å². The highest BCUT2D eigenvalue weighted by Crippen LogP contribution is 2.37. The maximum Gasteiger partial charge on any atom is 0.260 e. The van der Waals surface area contributed by atoms with Crippen LogP contribution in [0.3, 0.4) is 0 Å². The largest absolute Gasteiger partial charge is 0.496 e. The van der Waals surface area contributed by atoms with Crippen LogP contribution in [0.25, 0.3) is 22.0 Å². The van der Waals surface area contributed by atoms with E-state index in [0.29, 0.717) is 40.7 Å². The molecule has 0 spiro atoms. The van der Waals surface area contributed by atoms with Crippen LogP contribution < -0.4 is 14.8 Å². The summed E-state index contributed by atoms with van der Waals surface area (Å²) < 4.78 is 12.6. The van der Waals surface area contributed by atoms with Crippen LogP contribution in [0.5, 0.6) is 11.6 Å². The van der Waals surface area contributed by atoms with Gasteiger partial charge in [0.15, 0.2) is 5.13 Å². The Labute approximate surface area is 233 Å². The van der Waals surface area contributed by atoms with Crippen molar-refractivity contribution in [2.24, 2.45) is 7.05 Å². The fraction of sp³-hybridized carbons (Fsp3) is 0.214. The molecule has 0 unspecified atom stereocenters. The SMILES string of the molecule is COc1cc2nn(C)cc2cc1-c1cc(C)ncc1C(=O)Nc1nc2c(s1)CN(C(=O)c1cccnc1OC)C2. The molecule has 0 radical (unpaired) electrons. The number of benzene rings is 1. The second kappa shape index (κ2) is 10.0. The highest BCUT2D eigenvalue weighted by Gasteiger charge is 2.30. The summed E-state index contributed by atoms with van der Waals surface area (Å²) in [4.78, 5) is 42.3. The second-order valence-electron chi connectivity index (χ2n) is 9.35. The van der Waals surface area contributed by atoms with Crippen molar-refractivity contribution >= 4 is 39.2 Å². The van der Waals surface area contributed by atoms with Crippen molar-refractivity contribution in [1.29, 1.82) is 0 Å². The van der Waals surface area contributed by atoms with E-state index in [1.807, 2.05) is 38.4 Å².